The Labute approximate surface area is 118 Å². The first-order chi connectivity index (χ1) is 9.58. The second-order valence-electron chi connectivity index (χ2n) is 5.33. The molecule has 20 heavy (non-hydrogen) atoms. The van der Waals surface area contributed by atoms with E-state index in [1.165, 1.54) is 11.1 Å². The third kappa shape index (κ3) is 2.00. The van der Waals surface area contributed by atoms with E-state index in [1.54, 1.807) is 10.7 Å². The van der Waals surface area contributed by atoms with E-state index >= 15 is 0 Å². The van der Waals surface area contributed by atoms with Crippen LogP contribution in [-0.4, -0.2) is 14.7 Å². The number of benzene rings is 1. The summed E-state index contributed by atoms with van der Waals surface area (Å²) in [4.78, 5) is 0. The Morgan fingerprint density at radius 2 is 1.75 bits per heavy atom. The minimum absolute atomic E-state index is 0.644. The average Bonchev–Trinajstić information content (AvgIpc) is 2.86. The first kappa shape index (κ1) is 12.9. The molecule has 0 spiro atoms. The summed E-state index contributed by atoms with van der Waals surface area (Å²) in [6, 6.07) is 10.1. The molecule has 1 N–H and O–H groups in total. The van der Waals surface area contributed by atoms with Crippen LogP contribution in [0.4, 0.5) is 0 Å². The summed E-state index contributed by atoms with van der Waals surface area (Å²) in [6.07, 6.45) is 2.99. The molecular weight excluding hydrogens is 248 g/mol. The van der Waals surface area contributed by atoms with Crippen molar-refractivity contribution in [3.05, 3.63) is 70.5 Å². The second kappa shape index (κ2) is 4.76. The SMILES string of the molecule is Cc1cc(C)c(C(O)c2cnn3ccccc23)cc1C. The molecule has 1 unspecified atom stereocenters. The summed E-state index contributed by atoms with van der Waals surface area (Å²) in [5, 5.41) is 15.0. The van der Waals surface area contributed by atoms with Crippen LogP contribution in [0.3, 0.4) is 0 Å². The number of fused-ring (bicyclic) bond motifs is 1. The van der Waals surface area contributed by atoms with Gasteiger partial charge in [0.1, 0.15) is 6.10 Å². The zero-order valence-corrected chi connectivity index (χ0v) is 12.0. The molecule has 3 rings (SSSR count). The number of hydrogen-bond acceptors (Lipinski definition) is 2. The zero-order chi connectivity index (χ0) is 14.3. The number of pyridine rings is 1. The Hall–Kier alpha value is -2.13. The lowest BCUT2D eigenvalue weighted by atomic mass is 9.94. The molecule has 3 aromatic rings. The predicted molar refractivity (Wildman–Crippen MR) is 79.9 cm³/mol. The summed E-state index contributed by atoms with van der Waals surface area (Å²) >= 11 is 0. The Morgan fingerprint density at radius 1 is 1.00 bits per heavy atom. The van der Waals surface area contributed by atoms with Gasteiger partial charge in [0.25, 0.3) is 0 Å². The van der Waals surface area contributed by atoms with Crippen molar-refractivity contribution in [1.29, 1.82) is 0 Å². The highest BCUT2D eigenvalue weighted by molar-refractivity contribution is 5.57. The van der Waals surface area contributed by atoms with Gasteiger partial charge >= 0.3 is 0 Å². The fourth-order valence-corrected chi connectivity index (χ4v) is 2.61. The standard InChI is InChI=1S/C17H18N2O/c1-11-8-13(3)14(9-12(11)2)17(20)15-10-18-19-7-5-4-6-16(15)19/h4-10,17,20H,1-3H3. The van der Waals surface area contributed by atoms with Crippen LogP contribution in [0.5, 0.6) is 0 Å². The highest BCUT2D eigenvalue weighted by Crippen LogP contribution is 2.29. The highest BCUT2D eigenvalue weighted by Gasteiger charge is 2.18. The molecule has 3 nitrogen and oxygen atoms in total. The number of aliphatic hydroxyl groups excluding tert-OH is 1. The molecule has 3 heteroatoms. The number of aryl methyl sites for hydroxylation is 3. The molecule has 0 aliphatic rings. The Morgan fingerprint density at radius 3 is 2.55 bits per heavy atom. The van der Waals surface area contributed by atoms with Gasteiger partial charge in [0.2, 0.25) is 0 Å². The summed E-state index contributed by atoms with van der Waals surface area (Å²) in [5.41, 5.74) is 6.29. The topological polar surface area (TPSA) is 37.5 Å². The molecule has 102 valence electrons. The van der Waals surface area contributed by atoms with Crippen molar-refractivity contribution in [1.82, 2.24) is 9.61 Å². The molecule has 0 fully saturated rings. The lowest BCUT2D eigenvalue weighted by molar-refractivity contribution is 0.221. The molecule has 2 heterocycles. The molecular formula is C17H18N2O. The lowest BCUT2D eigenvalue weighted by Gasteiger charge is -2.15. The molecule has 0 saturated carbocycles. The minimum atomic E-state index is -0.644. The summed E-state index contributed by atoms with van der Waals surface area (Å²) in [5.74, 6) is 0. The molecule has 0 saturated heterocycles. The third-order valence-corrected chi connectivity index (χ3v) is 3.93. The van der Waals surface area contributed by atoms with Crippen molar-refractivity contribution >= 4 is 5.52 Å². The quantitative estimate of drug-likeness (QED) is 0.772. The molecule has 0 bridgehead atoms. The largest absolute Gasteiger partial charge is 0.384 e. The minimum Gasteiger partial charge on any atom is -0.384 e. The summed E-state index contributed by atoms with van der Waals surface area (Å²) in [7, 11) is 0. The normalized spacial score (nSPS) is 12.8. The van der Waals surface area contributed by atoms with E-state index in [0.29, 0.717) is 0 Å². The summed E-state index contributed by atoms with van der Waals surface area (Å²) in [6.45, 7) is 6.20. The van der Waals surface area contributed by atoms with Crippen molar-refractivity contribution in [3.63, 3.8) is 0 Å². The molecule has 0 aliphatic heterocycles. The maximum Gasteiger partial charge on any atom is 0.108 e. The van der Waals surface area contributed by atoms with Gasteiger partial charge in [-0.2, -0.15) is 5.10 Å². The van der Waals surface area contributed by atoms with Crippen LogP contribution >= 0.6 is 0 Å². The van der Waals surface area contributed by atoms with Crippen LogP contribution in [-0.2, 0) is 0 Å². The maximum atomic E-state index is 10.7. The molecule has 1 atom stereocenters. The highest BCUT2D eigenvalue weighted by atomic mass is 16.3. The van der Waals surface area contributed by atoms with Gasteiger partial charge in [-0.05, 0) is 55.2 Å². The number of nitrogens with zero attached hydrogens (tertiary/aromatic N) is 2. The van der Waals surface area contributed by atoms with E-state index in [4.69, 9.17) is 0 Å². The van der Waals surface area contributed by atoms with Crippen LogP contribution in [0, 0.1) is 20.8 Å². The molecule has 0 amide bonds. The van der Waals surface area contributed by atoms with Crippen molar-refractivity contribution in [2.24, 2.45) is 0 Å². The van der Waals surface area contributed by atoms with Crippen LogP contribution in [0.15, 0.2) is 42.7 Å². The summed E-state index contributed by atoms with van der Waals surface area (Å²) < 4.78 is 1.79. The molecule has 0 aliphatic carbocycles. The monoisotopic (exact) mass is 266 g/mol. The van der Waals surface area contributed by atoms with Gasteiger partial charge in [-0.3, -0.25) is 0 Å². The van der Waals surface area contributed by atoms with E-state index < -0.39 is 6.10 Å². The number of hydrogen-bond donors (Lipinski definition) is 1. The van der Waals surface area contributed by atoms with Crippen LogP contribution in [0.25, 0.3) is 5.52 Å². The fraction of sp³-hybridized carbons (Fsp3) is 0.235. The fourth-order valence-electron chi connectivity index (χ4n) is 2.61. The maximum absolute atomic E-state index is 10.7. The first-order valence-corrected chi connectivity index (χ1v) is 6.76. The predicted octanol–water partition coefficient (Wildman–Crippen LogP) is 3.34. The number of aliphatic hydroxyl groups is 1. The van der Waals surface area contributed by atoms with Crippen molar-refractivity contribution < 1.29 is 5.11 Å². The van der Waals surface area contributed by atoms with E-state index in [-0.39, 0.29) is 0 Å². The first-order valence-electron chi connectivity index (χ1n) is 6.76. The van der Waals surface area contributed by atoms with E-state index in [9.17, 15) is 5.11 Å². The third-order valence-electron chi connectivity index (χ3n) is 3.93. The van der Waals surface area contributed by atoms with Gasteiger partial charge in [0.05, 0.1) is 11.7 Å². The molecule has 0 radical (unpaired) electrons. The van der Waals surface area contributed by atoms with E-state index in [0.717, 1.165) is 22.2 Å². The Bertz CT molecular complexity index is 774. The van der Waals surface area contributed by atoms with Crippen molar-refractivity contribution in [2.45, 2.75) is 26.9 Å². The van der Waals surface area contributed by atoms with E-state index in [2.05, 4.69) is 31.1 Å². The van der Waals surface area contributed by atoms with Crippen molar-refractivity contribution in [3.8, 4) is 0 Å². The number of aromatic nitrogens is 2. The second-order valence-corrected chi connectivity index (χ2v) is 5.33. The zero-order valence-electron chi connectivity index (χ0n) is 12.0. The van der Waals surface area contributed by atoms with Crippen LogP contribution in [0.2, 0.25) is 0 Å². The van der Waals surface area contributed by atoms with Gasteiger partial charge in [0.15, 0.2) is 0 Å². The Balaban J connectivity index is 2.13. The number of rotatable bonds is 2. The van der Waals surface area contributed by atoms with Crippen molar-refractivity contribution in [2.75, 3.05) is 0 Å². The van der Waals surface area contributed by atoms with Gasteiger partial charge in [0, 0.05) is 11.8 Å². The lowest BCUT2D eigenvalue weighted by Crippen LogP contribution is -2.03. The van der Waals surface area contributed by atoms with Gasteiger partial charge < -0.3 is 5.11 Å². The van der Waals surface area contributed by atoms with Gasteiger partial charge in [-0.25, -0.2) is 4.52 Å². The smallest absolute Gasteiger partial charge is 0.108 e. The van der Waals surface area contributed by atoms with E-state index in [1.807, 2.05) is 31.3 Å². The van der Waals surface area contributed by atoms with Crippen LogP contribution < -0.4 is 0 Å². The average molecular weight is 266 g/mol. The van der Waals surface area contributed by atoms with Gasteiger partial charge in [-0.15, -0.1) is 0 Å². The van der Waals surface area contributed by atoms with Gasteiger partial charge in [-0.1, -0.05) is 18.2 Å². The molecule has 1 aromatic carbocycles. The Kier molecular flexibility index (Phi) is 3.07. The van der Waals surface area contributed by atoms with Crippen LogP contribution in [0.1, 0.15) is 33.9 Å². The molecule has 2 aromatic heterocycles.